The number of fused-ring (bicyclic) bond motifs is 1. The number of aryl methyl sites for hydroxylation is 1. The summed E-state index contributed by atoms with van der Waals surface area (Å²) in [5, 5.41) is 4.89. The molecule has 35 heavy (non-hydrogen) atoms. The minimum atomic E-state index is -0.333. The van der Waals surface area contributed by atoms with Crippen LogP contribution in [0.1, 0.15) is 50.6 Å². The van der Waals surface area contributed by atoms with Crippen LogP contribution < -0.4 is 10.3 Å². The number of rotatable bonds is 4. The lowest BCUT2D eigenvalue weighted by Crippen LogP contribution is -2.48. The third-order valence-electron chi connectivity index (χ3n) is 6.59. The Hall–Kier alpha value is -3.58. The predicted octanol–water partition coefficient (Wildman–Crippen LogP) is 4.67. The molecule has 1 fully saturated rings. The number of carbonyl (C=O) groups excluding carboxylic acids is 2. The lowest BCUT2D eigenvalue weighted by Gasteiger charge is -2.35. The number of amides is 2. The summed E-state index contributed by atoms with van der Waals surface area (Å²) in [4.78, 5) is 30.0. The van der Waals surface area contributed by atoms with Gasteiger partial charge in [0.15, 0.2) is 5.76 Å². The van der Waals surface area contributed by atoms with E-state index < -0.39 is 0 Å². The number of hydrogen-bond donors (Lipinski definition) is 1. The molecule has 1 N–H and O–H groups in total. The van der Waals surface area contributed by atoms with Crippen LogP contribution in [0.4, 0.5) is 5.69 Å². The van der Waals surface area contributed by atoms with Gasteiger partial charge in [0.05, 0.1) is 5.71 Å². The summed E-state index contributed by atoms with van der Waals surface area (Å²) >= 11 is 5.99. The summed E-state index contributed by atoms with van der Waals surface area (Å²) in [5.74, 6) is 0.711. The summed E-state index contributed by atoms with van der Waals surface area (Å²) < 4.78 is 6.09. The van der Waals surface area contributed by atoms with Crippen molar-refractivity contribution in [2.24, 2.45) is 5.10 Å². The molecule has 7 nitrogen and oxygen atoms in total. The Morgan fingerprint density at radius 2 is 1.77 bits per heavy atom. The fourth-order valence-corrected chi connectivity index (χ4v) is 4.94. The van der Waals surface area contributed by atoms with Gasteiger partial charge in [-0.05, 0) is 50.1 Å². The van der Waals surface area contributed by atoms with E-state index >= 15 is 0 Å². The number of para-hydroxylation sites is 1. The molecule has 3 aromatic rings. The maximum absolute atomic E-state index is 13.4. The van der Waals surface area contributed by atoms with E-state index in [0.717, 1.165) is 48.5 Å². The van der Waals surface area contributed by atoms with E-state index in [1.165, 1.54) is 5.69 Å². The van der Waals surface area contributed by atoms with E-state index in [2.05, 4.69) is 27.6 Å². The van der Waals surface area contributed by atoms with Crippen molar-refractivity contribution in [1.82, 2.24) is 10.3 Å². The first kappa shape index (κ1) is 23.2. The van der Waals surface area contributed by atoms with Crippen molar-refractivity contribution < 1.29 is 14.0 Å². The number of benzene rings is 2. The molecule has 0 atom stereocenters. The van der Waals surface area contributed by atoms with Gasteiger partial charge in [0.25, 0.3) is 11.8 Å². The van der Waals surface area contributed by atoms with Crippen molar-refractivity contribution >= 4 is 34.8 Å². The summed E-state index contributed by atoms with van der Waals surface area (Å²) in [5.41, 5.74) is 6.60. The van der Waals surface area contributed by atoms with Crippen molar-refractivity contribution in [3.05, 3.63) is 87.8 Å². The first-order valence-electron chi connectivity index (χ1n) is 11.9. The van der Waals surface area contributed by atoms with E-state index in [9.17, 15) is 9.59 Å². The first-order chi connectivity index (χ1) is 17.0. The summed E-state index contributed by atoms with van der Waals surface area (Å²) in [6.07, 6.45) is 2.29. The number of furan rings is 1. The fraction of sp³-hybridized carbons (Fsp3) is 0.296. The van der Waals surface area contributed by atoms with Gasteiger partial charge in [-0.15, -0.1) is 0 Å². The number of hydrogen-bond acceptors (Lipinski definition) is 5. The zero-order valence-electron chi connectivity index (χ0n) is 19.6. The molecule has 5 rings (SSSR count). The molecule has 8 heteroatoms. The molecule has 1 aliphatic carbocycles. The molecule has 0 saturated carbocycles. The number of piperazine rings is 1. The van der Waals surface area contributed by atoms with Gasteiger partial charge in [0.1, 0.15) is 5.76 Å². The number of halogens is 1. The van der Waals surface area contributed by atoms with Crippen LogP contribution in [0.3, 0.4) is 0 Å². The van der Waals surface area contributed by atoms with Crippen LogP contribution in [0.5, 0.6) is 0 Å². The molecular weight excluding hydrogens is 464 g/mol. The summed E-state index contributed by atoms with van der Waals surface area (Å²) in [6.45, 7) is 4.72. The molecule has 0 radical (unpaired) electrons. The standard InChI is InChI=1S/C27H27ClN4O3/c1-18-24-22(29-30-26(33)19-7-5-8-20(28)17-19)11-6-12-23(24)35-25(18)27(34)32-15-13-31(14-16-32)21-9-3-2-4-10-21/h2-5,7-10,17H,6,11-16H2,1H3,(H,30,33)/b29-22+. The molecule has 0 bridgehead atoms. The molecular formula is C27H27ClN4O3. The Morgan fingerprint density at radius 3 is 2.51 bits per heavy atom. The zero-order chi connectivity index (χ0) is 24.4. The van der Waals surface area contributed by atoms with Gasteiger partial charge in [0, 0.05) is 60.0 Å². The molecule has 2 aromatic carbocycles. The highest BCUT2D eigenvalue weighted by atomic mass is 35.5. The molecule has 2 aliphatic rings. The molecule has 180 valence electrons. The Balaban J connectivity index is 1.31. The number of carbonyl (C=O) groups is 2. The van der Waals surface area contributed by atoms with Crippen molar-refractivity contribution in [3.63, 3.8) is 0 Å². The van der Waals surface area contributed by atoms with Crippen LogP contribution in [0.2, 0.25) is 5.02 Å². The van der Waals surface area contributed by atoms with Gasteiger partial charge >= 0.3 is 0 Å². The Labute approximate surface area is 209 Å². The topological polar surface area (TPSA) is 78.2 Å². The van der Waals surface area contributed by atoms with Crippen LogP contribution in [0, 0.1) is 6.92 Å². The van der Waals surface area contributed by atoms with Gasteiger partial charge < -0.3 is 14.2 Å². The highest BCUT2D eigenvalue weighted by Crippen LogP contribution is 2.31. The van der Waals surface area contributed by atoms with Crippen LogP contribution in [0.15, 0.2) is 64.1 Å². The molecule has 1 aliphatic heterocycles. The highest BCUT2D eigenvalue weighted by molar-refractivity contribution is 6.31. The highest BCUT2D eigenvalue weighted by Gasteiger charge is 2.31. The second-order valence-electron chi connectivity index (χ2n) is 8.83. The van der Waals surface area contributed by atoms with Gasteiger partial charge in [-0.25, -0.2) is 5.43 Å². The zero-order valence-corrected chi connectivity index (χ0v) is 20.3. The predicted molar refractivity (Wildman–Crippen MR) is 136 cm³/mol. The second kappa shape index (κ2) is 9.96. The normalized spacial score (nSPS) is 16.8. The number of nitrogens with zero attached hydrogens (tertiary/aromatic N) is 3. The van der Waals surface area contributed by atoms with Crippen LogP contribution in [-0.4, -0.2) is 48.6 Å². The first-order valence-corrected chi connectivity index (χ1v) is 12.2. The van der Waals surface area contributed by atoms with Gasteiger partial charge in [-0.1, -0.05) is 35.9 Å². The maximum Gasteiger partial charge on any atom is 0.289 e. The third-order valence-corrected chi connectivity index (χ3v) is 6.82. The third kappa shape index (κ3) is 4.82. The van der Waals surface area contributed by atoms with Crippen molar-refractivity contribution in [2.75, 3.05) is 31.1 Å². The van der Waals surface area contributed by atoms with Crippen LogP contribution in [0.25, 0.3) is 0 Å². The monoisotopic (exact) mass is 490 g/mol. The quantitative estimate of drug-likeness (QED) is 0.539. The minimum Gasteiger partial charge on any atom is -0.455 e. The molecule has 0 unspecified atom stereocenters. The van der Waals surface area contributed by atoms with E-state index in [-0.39, 0.29) is 11.8 Å². The number of hydrazone groups is 1. The van der Waals surface area contributed by atoms with E-state index in [0.29, 0.717) is 35.9 Å². The molecule has 1 aromatic heterocycles. The average Bonchev–Trinajstić information content (AvgIpc) is 3.24. The summed E-state index contributed by atoms with van der Waals surface area (Å²) in [7, 11) is 0. The minimum absolute atomic E-state index is 0.0908. The Bertz CT molecular complexity index is 1280. The van der Waals surface area contributed by atoms with E-state index in [4.69, 9.17) is 16.0 Å². The Kier molecular flexibility index (Phi) is 6.59. The maximum atomic E-state index is 13.4. The Morgan fingerprint density at radius 1 is 1.00 bits per heavy atom. The molecule has 0 spiro atoms. The van der Waals surface area contributed by atoms with Crippen LogP contribution in [-0.2, 0) is 6.42 Å². The molecule has 1 saturated heterocycles. The van der Waals surface area contributed by atoms with Crippen LogP contribution >= 0.6 is 11.6 Å². The van der Waals surface area contributed by atoms with Gasteiger partial charge in [-0.2, -0.15) is 5.10 Å². The lowest BCUT2D eigenvalue weighted by molar-refractivity contribution is 0.0711. The van der Waals surface area contributed by atoms with E-state index in [1.54, 1.807) is 24.3 Å². The smallest absolute Gasteiger partial charge is 0.289 e. The van der Waals surface area contributed by atoms with Gasteiger partial charge in [-0.3, -0.25) is 9.59 Å². The number of anilines is 1. The largest absolute Gasteiger partial charge is 0.455 e. The van der Waals surface area contributed by atoms with Gasteiger partial charge in [0.2, 0.25) is 0 Å². The second-order valence-corrected chi connectivity index (χ2v) is 9.27. The summed E-state index contributed by atoms with van der Waals surface area (Å²) in [6, 6.07) is 17.0. The van der Waals surface area contributed by atoms with Crippen molar-refractivity contribution in [3.8, 4) is 0 Å². The fourth-order valence-electron chi connectivity index (χ4n) is 4.75. The lowest BCUT2D eigenvalue weighted by atomic mass is 9.93. The SMILES string of the molecule is Cc1c(C(=O)N2CCN(c3ccccc3)CC2)oc2c1/C(=N/NC(=O)c1cccc(Cl)c1)CCC2. The number of nitrogens with one attached hydrogen (secondary N) is 1. The molecule has 2 amide bonds. The van der Waals surface area contributed by atoms with Crippen molar-refractivity contribution in [1.29, 1.82) is 0 Å². The molecule has 2 heterocycles. The van der Waals surface area contributed by atoms with Crippen molar-refractivity contribution in [2.45, 2.75) is 26.2 Å². The van der Waals surface area contributed by atoms with E-state index in [1.807, 2.05) is 30.0 Å². The average molecular weight is 491 g/mol.